The topological polar surface area (TPSA) is 35.5 Å². The van der Waals surface area contributed by atoms with E-state index in [1.54, 1.807) is 0 Å². The molecular weight excluding hydrogens is 240 g/mol. The first-order valence-electron chi connectivity index (χ1n) is 6.71. The zero-order chi connectivity index (χ0) is 14.5. The van der Waals surface area contributed by atoms with Crippen LogP contribution in [0.4, 0.5) is 0 Å². The van der Waals surface area contributed by atoms with Crippen molar-refractivity contribution in [2.75, 3.05) is 13.7 Å². The molecule has 0 amide bonds. The van der Waals surface area contributed by atoms with Gasteiger partial charge in [0.05, 0.1) is 13.7 Å². The van der Waals surface area contributed by atoms with Crippen LogP contribution in [-0.2, 0) is 11.2 Å². The number of carbonyl (C=O) groups is 1. The molecule has 0 unspecified atom stereocenters. The zero-order valence-corrected chi connectivity index (χ0v) is 12.6. The van der Waals surface area contributed by atoms with Crippen LogP contribution in [0.1, 0.15) is 50.0 Å². The predicted molar refractivity (Wildman–Crippen MR) is 76.7 cm³/mol. The van der Waals surface area contributed by atoms with E-state index in [9.17, 15) is 4.79 Å². The van der Waals surface area contributed by atoms with Gasteiger partial charge in [0.2, 0.25) is 0 Å². The molecule has 0 aromatic heterocycles. The summed E-state index contributed by atoms with van der Waals surface area (Å²) in [6, 6.07) is 5.76. The molecule has 3 nitrogen and oxygen atoms in total. The first-order chi connectivity index (χ1) is 8.87. The molecule has 0 aliphatic rings. The largest absolute Gasteiger partial charge is 0.493 e. The van der Waals surface area contributed by atoms with Crippen LogP contribution in [-0.4, -0.2) is 19.7 Å². The molecule has 0 spiro atoms. The van der Waals surface area contributed by atoms with E-state index in [0.717, 1.165) is 18.4 Å². The van der Waals surface area contributed by atoms with Gasteiger partial charge in [0.1, 0.15) is 11.3 Å². The van der Waals surface area contributed by atoms with Crippen LogP contribution in [0.3, 0.4) is 0 Å². The highest BCUT2D eigenvalue weighted by atomic mass is 16.5. The lowest BCUT2D eigenvalue weighted by atomic mass is 9.87. The summed E-state index contributed by atoms with van der Waals surface area (Å²) in [5, 5.41) is 0. The Balaban J connectivity index is 3.04. The molecule has 1 aromatic carbocycles. The van der Waals surface area contributed by atoms with E-state index in [2.05, 4.69) is 20.8 Å². The van der Waals surface area contributed by atoms with Gasteiger partial charge in [0.25, 0.3) is 0 Å². The third-order valence-corrected chi connectivity index (χ3v) is 2.65. The molecule has 1 aromatic rings. The molecule has 0 heterocycles. The Morgan fingerprint density at radius 1 is 1.26 bits per heavy atom. The molecule has 0 bridgehead atoms. The van der Waals surface area contributed by atoms with Crippen molar-refractivity contribution in [3.8, 4) is 5.75 Å². The molecule has 0 saturated carbocycles. The second-order valence-corrected chi connectivity index (χ2v) is 5.91. The van der Waals surface area contributed by atoms with Crippen molar-refractivity contribution >= 4 is 5.97 Å². The van der Waals surface area contributed by atoms with Crippen molar-refractivity contribution < 1.29 is 14.3 Å². The van der Waals surface area contributed by atoms with Gasteiger partial charge in [-0.05, 0) is 36.0 Å². The highest BCUT2D eigenvalue weighted by molar-refractivity contribution is 5.92. The van der Waals surface area contributed by atoms with Crippen LogP contribution in [0.15, 0.2) is 18.2 Å². The standard InChI is InChI=1S/C16H24O3/c1-6-9-19-14-8-7-12(11-16(2,3)4)10-13(14)15(17)18-5/h7-8,10H,6,9,11H2,1-5H3. The van der Waals surface area contributed by atoms with Crippen LogP contribution < -0.4 is 4.74 Å². The maximum absolute atomic E-state index is 11.8. The molecule has 106 valence electrons. The van der Waals surface area contributed by atoms with E-state index < -0.39 is 0 Å². The molecule has 0 radical (unpaired) electrons. The molecule has 0 fully saturated rings. The van der Waals surface area contributed by atoms with Gasteiger partial charge in [0.15, 0.2) is 0 Å². The average Bonchev–Trinajstić information content (AvgIpc) is 2.34. The van der Waals surface area contributed by atoms with Crippen molar-refractivity contribution in [1.29, 1.82) is 0 Å². The lowest BCUT2D eigenvalue weighted by Crippen LogP contribution is -2.11. The number of hydrogen-bond donors (Lipinski definition) is 0. The Morgan fingerprint density at radius 2 is 1.95 bits per heavy atom. The second kappa shape index (κ2) is 6.60. The molecule has 0 aliphatic heterocycles. The smallest absolute Gasteiger partial charge is 0.341 e. The van der Waals surface area contributed by atoms with E-state index in [4.69, 9.17) is 9.47 Å². The predicted octanol–water partition coefficient (Wildman–Crippen LogP) is 3.85. The first-order valence-corrected chi connectivity index (χ1v) is 6.71. The molecule has 0 aliphatic carbocycles. The zero-order valence-electron chi connectivity index (χ0n) is 12.6. The van der Waals surface area contributed by atoms with Crippen molar-refractivity contribution in [3.63, 3.8) is 0 Å². The first kappa shape index (κ1) is 15.5. The summed E-state index contributed by atoms with van der Waals surface area (Å²) in [7, 11) is 1.39. The third-order valence-electron chi connectivity index (χ3n) is 2.65. The summed E-state index contributed by atoms with van der Waals surface area (Å²) in [6.07, 6.45) is 1.81. The van der Waals surface area contributed by atoms with Crippen molar-refractivity contribution in [2.24, 2.45) is 5.41 Å². The number of benzene rings is 1. The molecule has 3 heteroatoms. The highest BCUT2D eigenvalue weighted by Crippen LogP contribution is 2.26. The van der Waals surface area contributed by atoms with E-state index in [0.29, 0.717) is 17.9 Å². The maximum atomic E-state index is 11.8. The highest BCUT2D eigenvalue weighted by Gasteiger charge is 2.17. The van der Waals surface area contributed by atoms with Crippen LogP contribution in [0.25, 0.3) is 0 Å². The van der Waals surface area contributed by atoms with Crippen molar-refractivity contribution in [3.05, 3.63) is 29.3 Å². The summed E-state index contributed by atoms with van der Waals surface area (Å²) in [5.41, 5.74) is 1.81. The fourth-order valence-corrected chi connectivity index (χ4v) is 1.91. The Kier molecular flexibility index (Phi) is 5.40. The fourth-order valence-electron chi connectivity index (χ4n) is 1.91. The van der Waals surface area contributed by atoms with Crippen LogP contribution in [0, 0.1) is 5.41 Å². The minimum Gasteiger partial charge on any atom is -0.493 e. The lowest BCUT2D eigenvalue weighted by Gasteiger charge is -2.19. The minimum absolute atomic E-state index is 0.180. The minimum atomic E-state index is -0.345. The summed E-state index contributed by atoms with van der Waals surface area (Å²) >= 11 is 0. The Morgan fingerprint density at radius 3 is 2.47 bits per heavy atom. The molecule has 19 heavy (non-hydrogen) atoms. The fraction of sp³-hybridized carbons (Fsp3) is 0.562. The molecule has 0 saturated heterocycles. The van der Waals surface area contributed by atoms with Gasteiger partial charge in [-0.3, -0.25) is 0 Å². The quantitative estimate of drug-likeness (QED) is 0.758. The van der Waals surface area contributed by atoms with Gasteiger partial charge in [0, 0.05) is 0 Å². The molecular formula is C16H24O3. The number of esters is 1. The summed E-state index contributed by atoms with van der Waals surface area (Å²) in [6.45, 7) is 9.15. The Labute approximate surface area is 115 Å². The van der Waals surface area contributed by atoms with E-state index in [-0.39, 0.29) is 11.4 Å². The summed E-state index contributed by atoms with van der Waals surface area (Å²) < 4.78 is 10.4. The summed E-state index contributed by atoms with van der Waals surface area (Å²) in [4.78, 5) is 11.8. The molecule has 0 atom stereocenters. The maximum Gasteiger partial charge on any atom is 0.341 e. The Hall–Kier alpha value is -1.51. The molecule has 1 rings (SSSR count). The van der Waals surface area contributed by atoms with Gasteiger partial charge in [-0.2, -0.15) is 0 Å². The van der Waals surface area contributed by atoms with Gasteiger partial charge in [-0.1, -0.05) is 33.8 Å². The monoisotopic (exact) mass is 264 g/mol. The van der Waals surface area contributed by atoms with Gasteiger partial charge in [-0.15, -0.1) is 0 Å². The molecule has 0 N–H and O–H groups in total. The van der Waals surface area contributed by atoms with Crippen LogP contribution >= 0.6 is 0 Å². The number of hydrogen-bond acceptors (Lipinski definition) is 3. The van der Waals surface area contributed by atoms with Gasteiger partial charge < -0.3 is 9.47 Å². The second-order valence-electron chi connectivity index (χ2n) is 5.91. The van der Waals surface area contributed by atoms with Crippen molar-refractivity contribution in [2.45, 2.75) is 40.5 Å². The summed E-state index contributed by atoms with van der Waals surface area (Å²) in [5.74, 6) is 0.258. The van der Waals surface area contributed by atoms with E-state index in [1.165, 1.54) is 7.11 Å². The van der Waals surface area contributed by atoms with Crippen LogP contribution in [0.2, 0.25) is 0 Å². The lowest BCUT2D eigenvalue weighted by molar-refractivity contribution is 0.0595. The Bertz CT molecular complexity index is 430. The number of ether oxygens (including phenoxy) is 2. The number of carbonyl (C=O) groups excluding carboxylic acids is 1. The number of methoxy groups -OCH3 is 1. The normalized spacial score (nSPS) is 11.2. The average molecular weight is 264 g/mol. The van der Waals surface area contributed by atoms with E-state index in [1.807, 2.05) is 25.1 Å². The van der Waals surface area contributed by atoms with Crippen molar-refractivity contribution in [1.82, 2.24) is 0 Å². The SMILES string of the molecule is CCCOc1ccc(CC(C)(C)C)cc1C(=O)OC. The third kappa shape index (κ3) is 4.93. The van der Waals surface area contributed by atoms with Crippen LogP contribution in [0.5, 0.6) is 5.75 Å². The number of rotatable bonds is 5. The van der Waals surface area contributed by atoms with Gasteiger partial charge in [-0.25, -0.2) is 4.79 Å². The van der Waals surface area contributed by atoms with E-state index >= 15 is 0 Å². The van der Waals surface area contributed by atoms with Gasteiger partial charge >= 0.3 is 5.97 Å².